The molecule has 0 bridgehead atoms. The van der Waals surface area contributed by atoms with Crippen molar-refractivity contribution in [3.05, 3.63) is 11.9 Å². The SMILES string of the molecule is CCCn1ncc(OC)c1C(C)(F)CC1COCCN1. The number of hydrogen-bond donors (Lipinski definition) is 1. The van der Waals surface area contributed by atoms with Crippen LogP contribution in [-0.2, 0) is 17.0 Å². The van der Waals surface area contributed by atoms with E-state index in [0.29, 0.717) is 37.6 Å². The molecule has 114 valence electrons. The number of aromatic nitrogens is 2. The van der Waals surface area contributed by atoms with Gasteiger partial charge < -0.3 is 14.8 Å². The average Bonchev–Trinajstić information content (AvgIpc) is 2.83. The molecular weight excluding hydrogens is 261 g/mol. The second kappa shape index (κ2) is 6.54. The van der Waals surface area contributed by atoms with E-state index in [1.807, 2.05) is 6.92 Å². The van der Waals surface area contributed by atoms with Gasteiger partial charge in [0, 0.05) is 25.6 Å². The molecule has 1 fully saturated rings. The van der Waals surface area contributed by atoms with Crippen molar-refractivity contribution in [2.45, 2.75) is 44.9 Å². The molecule has 1 saturated heterocycles. The third kappa shape index (κ3) is 3.30. The molecule has 1 aliphatic heterocycles. The minimum atomic E-state index is -1.50. The first-order valence-electron chi connectivity index (χ1n) is 7.18. The molecule has 0 aromatic carbocycles. The van der Waals surface area contributed by atoms with E-state index in [1.165, 1.54) is 0 Å². The fourth-order valence-corrected chi connectivity index (χ4v) is 2.74. The van der Waals surface area contributed by atoms with Crippen LogP contribution in [0, 0.1) is 0 Å². The Bertz CT molecular complexity index is 428. The molecule has 0 spiro atoms. The van der Waals surface area contributed by atoms with E-state index in [2.05, 4.69) is 10.4 Å². The molecule has 2 rings (SSSR count). The predicted octanol–water partition coefficient (Wildman–Crippen LogP) is 1.86. The van der Waals surface area contributed by atoms with Crippen LogP contribution >= 0.6 is 0 Å². The zero-order valence-corrected chi connectivity index (χ0v) is 12.5. The van der Waals surface area contributed by atoms with Crippen LogP contribution in [0.15, 0.2) is 6.20 Å². The quantitative estimate of drug-likeness (QED) is 0.867. The van der Waals surface area contributed by atoms with Crippen molar-refractivity contribution >= 4 is 0 Å². The summed E-state index contributed by atoms with van der Waals surface area (Å²) < 4.78 is 27.6. The Morgan fingerprint density at radius 1 is 1.65 bits per heavy atom. The second-order valence-corrected chi connectivity index (χ2v) is 5.41. The van der Waals surface area contributed by atoms with Crippen molar-refractivity contribution in [2.75, 3.05) is 26.9 Å². The number of halogens is 1. The number of morpholine rings is 1. The molecule has 6 heteroatoms. The van der Waals surface area contributed by atoms with E-state index in [9.17, 15) is 0 Å². The molecule has 0 amide bonds. The van der Waals surface area contributed by atoms with E-state index in [-0.39, 0.29) is 6.04 Å². The first kappa shape index (κ1) is 15.3. The smallest absolute Gasteiger partial charge is 0.163 e. The number of hydrogen-bond acceptors (Lipinski definition) is 4. The number of rotatable bonds is 6. The monoisotopic (exact) mass is 285 g/mol. The first-order chi connectivity index (χ1) is 9.58. The fraction of sp³-hybridized carbons (Fsp3) is 0.786. The van der Waals surface area contributed by atoms with Crippen LogP contribution < -0.4 is 10.1 Å². The lowest BCUT2D eigenvalue weighted by Gasteiger charge is -2.30. The molecule has 1 aromatic heterocycles. The molecule has 5 nitrogen and oxygen atoms in total. The van der Waals surface area contributed by atoms with Gasteiger partial charge in [-0.3, -0.25) is 4.68 Å². The zero-order valence-electron chi connectivity index (χ0n) is 12.5. The summed E-state index contributed by atoms with van der Waals surface area (Å²) in [5.74, 6) is 0.514. The lowest BCUT2D eigenvalue weighted by atomic mass is 9.94. The number of methoxy groups -OCH3 is 1. The van der Waals surface area contributed by atoms with E-state index in [1.54, 1.807) is 24.9 Å². The molecule has 1 aromatic rings. The molecule has 2 unspecified atom stereocenters. The maximum atomic E-state index is 15.2. The second-order valence-electron chi connectivity index (χ2n) is 5.41. The molecule has 1 N–H and O–H groups in total. The summed E-state index contributed by atoms with van der Waals surface area (Å²) in [7, 11) is 1.55. The molecule has 2 atom stereocenters. The van der Waals surface area contributed by atoms with Crippen LogP contribution in [0.5, 0.6) is 5.75 Å². The third-order valence-corrected chi connectivity index (χ3v) is 3.58. The molecule has 20 heavy (non-hydrogen) atoms. The van der Waals surface area contributed by atoms with Gasteiger partial charge in [0.1, 0.15) is 5.69 Å². The van der Waals surface area contributed by atoms with Crippen molar-refractivity contribution in [2.24, 2.45) is 0 Å². The van der Waals surface area contributed by atoms with Gasteiger partial charge in [-0.05, 0) is 13.3 Å². The third-order valence-electron chi connectivity index (χ3n) is 3.58. The van der Waals surface area contributed by atoms with Gasteiger partial charge in [-0.1, -0.05) is 6.92 Å². The van der Waals surface area contributed by atoms with Gasteiger partial charge in [-0.15, -0.1) is 0 Å². The number of alkyl halides is 1. The summed E-state index contributed by atoms with van der Waals surface area (Å²) in [6.45, 7) is 6.33. The summed E-state index contributed by atoms with van der Waals surface area (Å²) >= 11 is 0. The Hall–Kier alpha value is -1.14. The zero-order chi connectivity index (χ0) is 14.6. The maximum absolute atomic E-state index is 15.2. The van der Waals surface area contributed by atoms with Crippen molar-refractivity contribution in [3.8, 4) is 5.75 Å². The maximum Gasteiger partial charge on any atom is 0.163 e. The molecule has 0 radical (unpaired) electrons. The van der Waals surface area contributed by atoms with Crippen molar-refractivity contribution in [1.82, 2.24) is 15.1 Å². The summed E-state index contributed by atoms with van der Waals surface area (Å²) in [5, 5.41) is 7.53. The lowest BCUT2D eigenvalue weighted by Crippen LogP contribution is -2.44. The standard InChI is InChI=1S/C14H24FN3O2/c1-4-6-18-13(12(19-3)9-17-18)14(2,15)8-11-10-20-7-5-16-11/h9,11,16H,4-8,10H2,1-3H3. The topological polar surface area (TPSA) is 48.3 Å². The summed E-state index contributed by atoms with van der Waals surface area (Å²) in [6, 6.07) is 0.0217. The fourth-order valence-electron chi connectivity index (χ4n) is 2.74. The highest BCUT2D eigenvalue weighted by Gasteiger charge is 2.36. The lowest BCUT2D eigenvalue weighted by molar-refractivity contribution is 0.0441. The Balaban J connectivity index is 2.19. The minimum absolute atomic E-state index is 0.0217. The van der Waals surface area contributed by atoms with Gasteiger partial charge in [-0.2, -0.15) is 5.10 Å². The number of aryl methyl sites for hydroxylation is 1. The van der Waals surface area contributed by atoms with Crippen LogP contribution in [-0.4, -0.2) is 42.7 Å². The first-order valence-corrected chi connectivity index (χ1v) is 7.18. The number of nitrogens with zero attached hydrogens (tertiary/aromatic N) is 2. The van der Waals surface area contributed by atoms with E-state index in [0.717, 1.165) is 13.0 Å². The normalized spacial score (nSPS) is 22.5. The number of nitrogens with one attached hydrogen (secondary N) is 1. The van der Waals surface area contributed by atoms with Gasteiger partial charge in [0.25, 0.3) is 0 Å². The van der Waals surface area contributed by atoms with Crippen molar-refractivity contribution in [3.63, 3.8) is 0 Å². The average molecular weight is 285 g/mol. The Morgan fingerprint density at radius 2 is 2.45 bits per heavy atom. The van der Waals surface area contributed by atoms with Crippen LogP contribution in [0.3, 0.4) is 0 Å². The Labute approximate surface area is 119 Å². The highest BCUT2D eigenvalue weighted by atomic mass is 19.1. The van der Waals surface area contributed by atoms with Crippen molar-refractivity contribution in [1.29, 1.82) is 0 Å². The van der Waals surface area contributed by atoms with E-state index in [4.69, 9.17) is 9.47 Å². The van der Waals surface area contributed by atoms with E-state index < -0.39 is 5.67 Å². The largest absolute Gasteiger partial charge is 0.493 e. The van der Waals surface area contributed by atoms with Gasteiger partial charge in [0.2, 0.25) is 0 Å². The molecular formula is C14H24FN3O2. The Morgan fingerprint density at radius 3 is 3.05 bits per heavy atom. The Kier molecular flexibility index (Phi) is 4.99. The molecule has 0 aliphatic carbocycles. The predicted molar refractivity (Wildman–Crippen MR) is 74.8 cm³/mol. The van der Waals surface area contributed by atoms with E-state index >= 15 is 4.39 Å². The highest BCUT2D eigenvalue weighted by Crippen LogP contribution is 2.37. The number of ether oxygens (including phenoxy) is 2. The molecule has 1 aliphatic rings. The van der Waals surface area contributed by atoms with Gasteiger partial charge in [0.15, 0.2) is 11.4 Å². The van der Waals surface area contributed by atoms with Gasteiger partial charge >= 0.3 is 0 Å². The van der Waals surface area contributed by atoms with Crippen LogP contribution in [0.4, 0.5) is 4.39 Å². The van der Waals surface area contributed by atoms with Crippen LogP contribution in [0.25, 0.3) is 0 Å². The van der Waals surface area contributed by atoms with Gasteiger partial charge in [0.05, 0.1) is 26.5 Å². The van der Waals surface area contributed by atoms with Crippen LogP contribution in [0.2, 0.25) is 0 Å². The van der Waals surface area contributed by atoms with Crippen molar-refractivity contribution < 1.29 is 13.9 Å². The summed E-state index contributed by atoms with van der Waals surface area (Å²) in [6.07, 6.45) is 2.84. The summed E-state index contributed by atoms with van der Waals surface area (Å²) in [5.41, 5.74) is -0.982. The summed E-state index contributed by atoms with van der Waals surface area (Å²) in [4.78, 5) is 0. The molecule has 2 heterocycles. The minimum Gasteiger partial charge on any atom is -0.493 e. The van der Waals surface area contributed by atoms with Gasteiger partial charge in [-0.25, -0.2) is 4.39 Å². The highest BCUT2D eigenvalue weighted by molar-refractivity contribution is 5.30. The van der Waals surface area contributed by atoms with Crippen LogP contribution in [0.1, 0.15) is 32.4 Å². The molecule has 0 saturated carbocycles.